The van der Waals surface area contributed by atoms with Gasteiger partial charge in [0.05, 0.1) is 43.6 Å². The number of phenols is 2. The summed E-state index contributed by atoms with van der Waals surface area (Å²) >= 11 is 33.8. The molecule has 6 nitrogen and oxygen atoms in total. The molecule has 6 rings (SSSR count). The van der Waals surface area contributed by atoms with E-state index >= 15 is 0 Å². The summed E-state index contributed by atoms with van der Waals surface area (Å²) in [7, 11) is 0. The van der Waals surface area contributed by atoms with Crippen LogP contribution in [0.25, 0.3) is 0 Å². The molecular formula is C35H29Cl5N4O2S2. The van der Waals surface area contributed by atoms with Crippen molar-refractivity contribution in [3.05, 3.63) is 126 Å². The van der Waals surface area contributed by atoms with Crippen molar-refractivity contribution < 1.29 is 10.2 Å². The van der Waals surface area contributed by atoms with Crippen LogP contribution in [0.4, 0.5) is 11.4 Å². The van der Waals surface area contributed by atoms with Crippen molar-refractivity contribution in [2.24, 2.45) is 9.98 Å². The van der Waals surface area contributed by atoms with E-state index in [4.69, 9.17) is 58.0 Å². The molecule has 0 aliphatic carbocycles. The van der Waals surface area contributed by atoms with Crippen molar-refractivity contribution in [1.82, 2.24) is 0 Å². The van der Waals surface area contributed by atoms with E-state index in [2.05, 4.69) is 26.7 Å². The van der Waals surface area contributed by atoms with Gasteiger partial charge in [0.15, 0.2) is 11.5 Å². The quantitative estimate of drug-likeness (QED) is 0.112. The van der Waals surface area contributed by atoms with Crippen molar-refractivity contribution >= 4 is 104 Å². The Morgan fingerprint density at radius 3 is 1.94 bits per heavy atom. The van der Waals surface area contributed by atoms with Crippen LogP contribution in [0, 0.1) is 13.8 Å². The van der Waals surface area contributed by atoms with Crippen LogP contribution in [0.15, 0.2) is 97.3 Å². The van der Waals surface area contributed by atoms with Gasteiger partial charge >= 0.3 is 0 Å². The van der Waals surface area contributed by atoms with Gasteiger partial charge in [-0.2, -0.15) is 0 Å². The highest BCUT2D eigenvalue weighted by atomic mass is 35.5. The molecule has 4 N–H and O–H groups in total. The molecule has 0 spiro atoms. The number of phenolic OH excluding ortho intramolecular Hbond substituents is 2. The minimum absolute atomic E-state index is 0.00892. The van der Waals surface area contributed by atoms with Crippen LogP contribution >= 0.6 is 81.1 Å². The van der Waals surface area contributed by atoms with Crippen LogP contribution in [-0.2, 0) is 6.54 Å². The van der Waals surface area contributed by atoms with Crippen LogP contribution in [0.1, 0.15) is 22.3 Å². The molecule has 5 aromatic rings. The zero-order chi connectivity index (χ0) is 34.4. The fourth-order valence-corrected chi connectivity index (χ4v) is 7.64. The molecule has 0 saturated carbocycles. The van der Waals surface area contributed by atoms with Crippen LogP contribution in [0.3, 0.4) is 0 Å². The van der Waals surface area contributed by atoms with Gasteiger partial charge in [-0.3, -0.25) is 9.98 Å². The molecule has 0 unspecified atom stereocenters. The number of nitrogens with zero attached hydrogens (tertiary/aromatic N) is 2. The lowest BCUT2D eigenvalue weighted by atomic mass is 10.1. The maximum atomic E-state index is 10.2. The average Bonchev–Trinajstić information content (AvgIpc) is 3.76. The zero-order valence-electron chi connectivity index (χ0n) is 25.6. The molecule has 13 heteroatoms. The number of thiophene rings is 1. The minimum atomic E-state index is -0.00892. The Morgan fingerprint density at radius 2 is 1.33 bits per heavy atom. The number of halogens is 5. The fourth-order valence-electron chi connectivity index (χ4n) is 4.55. The molecule has 1 aliphatic rings. The SMILES string of the molecule is Cc1c(Cl)cc(NCC2=NCN=C2c2ccccc2)c(O)c1Cl.Cc1c(Cl)cc(NCc2ccsc2Sc2ccc(Cl)cc2)c(O)c1Cl. The van der Waals surface area contributed by atoms with E-state index in [1.807, 2.05) is 60.0 Å². The van der Waals surface area contributed by atoms with Crippen LogP contribution in [0.2, 0.25) is 25.1 Å². The highest BCUT2D eigenvalue weighted by Crippen LogP contribution is 2.41. The molecular weight excluding hydrogens is 750 g/mol. The van der Waals surface area contributed by atoms with E-state index in [1.54, 1.807) is 49.1 Å². The molecule has 0 amide bonds. The summed E-state index contributed by atoms with van der Waals surface area (Å²) in [6.07, 6.45) is 0. The van der Waals surface area contributed by atoms with Gasteiger partial charge in [0, 0.05) is 32.1 Å². The number of aromatic hydroxyl groups is 2. The summed E-state index contributed by atoms with van der Waals surface area (Å²) in [4.78, 5) is 9.96. The number of benzene rings is 4. The lowest BCUT2D eigenvalue weighted by Gasteiger charge is -2.13. The second kappa shape index (κ2) is 16.5. The maximum Gasteiger partial charge on any atom is 0.157 e. The van der Waals surface area contributed by atoms with E-state index in [0.717, 1.165) is 32.5 Å². The van der Waals surface area contributed by atoms with Crippen molar-refractivity contribution in [1.29, 1.82) is 0 Å². The van der Waals surface area contributed by atoms with E-state index < -0.39 is 0 Å². The Hall–Kier alpha value is -3.08. The normalized spacial score (nSPS) is 12.2. The Labute approximate surface area is 312 Å². The van der Waals surface area contributed by atoms with Gasteiger partial charge < -0.3 is 20.8 Å². The topological polar surface area (TPSA) is 89.2 Å². The number of nitrogens with one attached hydrogen (secondary N) is 2. The van der Waals surface area contributed by atoms with Gasteiger partial charge in [-0.15, -0.1) is 11.3 Å². The third kappa shape index (κ3) is 8.74. The molecule has 4 aromatic carbocycles. The lowest BCUT2D eigenvalue weighted by Crippen LogP contribution is -2.22. The first-order chi connectivity index (χ1) is 23.0. The summed E-state index contributed by atoms with van der Waals surface area (Å²) in [5, 5.41) is 31.0. The lowest BCUT2D eigenvalue weighted by molar-refractivity contribution is 0.476. The van der Waals surface area contributed by atoms with Crippen molar-refractivity contribution in [2.75, 3.05) is 23.8 Å². The first-order valence-corrected chi connectivity index (χ1v) is 18.1. The fraction of sp³-hybridized carbons (Fsp3) is 0.143. The van der Waals surface area contributed by atoms with Gasteiger partial charge in [-0.25, -0.2) is 0 Å². The second-order valence-electron chi connectivity index (χ2n) is 10.5. The van der Waals surface area contributed by atoms with Crippen LogP contribution < -0.4 is 10.6 Å². The molecule has 0 radical (unpaired) electrons. The maximum absolute atomic E-state index is 10.2. The smallest absolute Gasteiger partial charge is 0.157 e. The first kappa shape index (κ1) is 36.2. The number of hydrogen-bond donors (Lipinski definition) is 4. The van der Waals surface area contributed by atoms with E-state index in [1.165, 1.54) is 4.21 Å². The predicted molar refractivity (Wildman–Crippen MR) is 207 cm³/mol. The van der Waals surface area contributed by atoms with Gasteiger partial charge in [-0.1, -0.05) is 100 Å². The Kier molecular flexibility index (Phi) is 12.5. The van der Waals surface area contributed by atoms with E-state index in [-0.39, 0.29) is 21.5 Å². The highest BCUT2D eigenvalue weighted by Gasteiger charge is 2.18. The number of rotatable bonds is 9. The molecule has 2 heterocycles. The number of anilines is 2. The Morgan fingerprint density at radius 1 is 0.750 bits per heavy atom. The van der Waals surface area contributed by atoms with E-state index in [9.17, 15) is 10.2 Å². The zero-order valence-corrected chi connectivity index (χ0v) is 31.0. The summed E-state index contributed by atoms with van der Waals surface area (Å²) in [5.41, 5.74) is 6.18. The Bertz CT molecular complexity index is 1980. The van der Waals surface area contributed by atoms with Crippen molar-refractivity contribution in [2.45, 2.75) is 29.5 Å². The molecule has 0 saturated heterocycles. The molecule has 1 aromatic heterocycles. The summed E-state index contributed by atoms with van der Waals surface area (Å²) < 4.78 is 1.18. The van der Waals surface area contributed by atoms with Gasteiger partial charge in [0.2, 0.25) is 0 Å². The predicted octanol–water partition coefficient (Wildman–Crippen LogP) is 11.8. The van der Waals surface area contributed by atoms with Gasteiger partial charge in [0.1, 0.15) is 6.67 Å². The number of aliphatic imine (C=N–C) groups is 2. The van der Waals surface area contributed by atoms with Crippen molar-refractivity contribution in [3.63, 3.8) is 0 Å². The molecule has 248 valence electrons. The average molecular weight is 779 g/mol. The summed E-state index contributed by atoms with van der Waals surface area (Å²) in [6, 6.07) is 23.0. The molecule has 0 atom stereocenters. The molecule has 0 bridgehead atoms. The van der Waals surface area contributed by atoms with Crippen LogP contribution in [-0.4, -0.2) is 34.8 Å². The summed E-state index contributed by atoms with van der Waals surface area (Å²) in [6.45, 7) is 4.94. The first-order valence-electron chi connectivity index (χ1n) is 14.5. The minimum Gasteiger partial charge on any atom is -0.504 e. The molecule has 0 fully saturated rings. The third-order valence-corrected chi connectivity index (χ3v) is 11.5. The monoisotopic (exact) mass is 776 g/mol. The highest BCUT2D eigenvalue weighted by molar-refractivity contribution is 8.01. The largest absolute Gasteiger partial charge is 0.504 e. The third-order valence-electron chi connectivity index (χ3n) is 7.30. The van der Waals surface area contributed by atoms with Gasteiger partial charge in [-0.05, 0) is 78.4 Å². The van der Waals surface area contributed by atoms with E-state index in [0.29, 0.717) is 52.3 Å². The van der Waals surface area contributed by atoms with Crippen molar-refractivity contribution in [3.8, 4) is 11.5 Å². The Balaban J connectivity index is 0.000000188. The van der Waals surface area contributed by atoms with Crippen LogP contribution in [0.5, 0.6) is 11.5 Å². The molecule has 48 heavy (non-hydrogen) atoms. The summed E-state index contributed by atoms with van der Waals surface area (Å²) in [5.74, 6) is 0.0102. The van der Waals surface area contributed by atoms with Gasteiger partial charge in [0.25, 0.3) is 0 Å². The number of hydrogen-bond acceptors (Lipinski definition) is 8. The molecule has 1 aliphatic heterocycles. The standard InChI is InChI=1S/C18H14Cl3NOS2.C17H15Cl2N3O/c1-10-14(20)8-15(17(23)16(10)21)22-9-11-6-7-24-18(11)25-13-4-2-12(19)3-5-13;1-10-12(18)7-13(17(23)15(10)19)20-8-14-16(22-9-21-14)11-5-3-2-4-6-11/h2-8,22-23H,9H2,1H3;2-7,20,23H,8-9H2,1H3. The second-order valence-corrected chi connectivity index (χ2v) is 14.8.